The smallest absolute Gasteiger partial charge is 0.417 e. The molecule has 0 saturated carbocycles. The first-order valence-corrected chi connectivity index (χ1v) is 7.84. The van der Waals surface area contributed by atoms with Crippen molar-refractivity contribution in [2.75, 3.05) is 5.32 Å². The number of anilines is 1. The minimum absolute atomic E-state index is 0.0726. The Morgan fingerprint density at radius 2 is 2.00 bits per heavy atom. The predicted octanol–water partition coefficient (Wildman–Crippen LogP) is 4.17. The van der Waals surface area contributed by atoms with Crippen LogP contribution in [0.25, 0.3) is 0 Å². The van der Waals surface area contributed by atoms with E-state index in [2.05, 4.69) is 17.2 Å². The van der Waals surface area contributed by atoms with Crippen molar-refractivity contribution in [1.82, 2.24) is 4.98 Å². The highest BCUT2D eigenvalue weighted by Gasteiger charge is 2.09. The summed E-state index contributed by atoms with van der Waals surface area (Å²) in [6, 6.07) is 8.53. The van der Waals surface area contributed by atoms with Gasteiger partial charge < -0.3 is 9.47 Å². The molecule has 1 heterocycles. The summed E-state index contributed by atoms with van der Waals surface area (Å²) >= 11 is 0. The maximum Gasteiger partial charge on any atom is 0.417 e. The van der Waals surface area contributed by atoms with Gasteiger partial charge in [0.05, 0.1) is 22.9 Å². The second-order valence-corrected chi connectivity index (χ2v) is 5.37. The van der Waals surface area contributed by atoms with E-state index in [1.165, 1.54) is 30.5 Å². The Labute approximate surface area is 144 Å². The third-order valence-corrected chi connectivity index (χ3v) is 3.26. The van der Waals surface area contributed by atoms with Crippen LogP contribution in [0.2, 0.25) is 0 Å². The summed E-state index contributed by atoms with van der Waals surface area (Å²) in [6.07, 6.45) is 2.77. The van der Waals surface area contributed by atoms with E-state index >= 15 is 0 Å². The van der Waals surface area contributed by atoms with Crippen molar-refractivity contribution >= 4 is 17.5 Å². The number of nitrogens with zero attached hydrogens (tertiary/aromatic N) is 2. The normalized spacial score (nSPS) is 11.4. The molecule has 0 radical (unpaired) electrons. The predicted molar refractivity (Wildman–Crippen MR) is 92.0 cm³/mol. The Morgan fingerprint density at radius 3 is 2.56 bits per heavy atom. The standard InChI is InChI=1S/C17H19N3O5/c1-3-4-12(2)24-16-10-5-13(11-18-16)19-17(21)25-15-8-6-14(7-9-15)20(22)23/h5-12H,3-4H2,1-2H3,(H,19,21). The van der Waals surface area contributed by atoms with Crippen LogP contribution in [0.5, 0.6) is 11.6 Å². The van der Waals surface area contributed by atoms with E-state index < -0.39 is 11.0 Å². The van der Waals surface area contributed by atoms with Gasteiger partial charge in [0.1, 0.15) is 5.75 Å². The molecule has 132 valence electrons. The molecule has 2 rings (SSSR count). The van der Waals surface area contributed by atoms with Gasteiger partial charge in [-0.05, 0) is 31.5 Å². The van der Waals surface area contributed by atoms with E-state index in [0.717, 1.165) is 12.8 Å². The summed E-state index contributed by atoms with van der Waals surface area (Å²) in [5, 5.41) is 13.1. The SMILES string of the molecule is CCCC(C)Oc1ccc(NC(=O)Oc2ccc([N+](=O)[O-])cc2)cn1. The van der Waals surface area contributed by atoms with Crippen molar-refractivity contribution in [3.05, 3.63) is 52.7 Å². The lowest BCUT2D eigenvalue weighted by atomic mass is 10.2. The largest absolute Gasteiger partial charge is 0.475 e. The minimum Gasteiger partial charge on any atom is -0.475 e. The minimum atomic E-state index is -0.719. The van der Waals surface area contributed by atoms with Crippen LogP contribution >= 0.6 is 0 Å². The molecule has 0 aliphatic heterocycles. The molecule has 1 aromatic carbocycles. The van der Waals surface area contributed by atoms with Gasteiger partial charge in [0.25, 0.3) is 5.69 Å². The Kier molecular flexibility index (Phi) is 6.27. The first-order chi connectivity index (χ1) is 12.0. The van der Waals surface area contributed by atoms with Crippen LogP contribution in [0.1, 0.15) is 26.7 Å². The lowest BCUT2D eigenvalue weighted by molar-refractivity contribution is -0.384. The summed E-state index contributed by atoms with van der Waals surface area (Å²) in [5.41, 5.74) is 0.368. The Balaban J connectivity index is 1.88. The zero-order chi connectivity index (χ0) is 18.2. The third kappa shape index (κ3) is 5.76. The second-order valence-electron chi connectivity index (χ2n) is 5.37. The highest BCUT2D eigenvalue weighted by molar-refractivity contribution is 5.86. The van der Waals surface area contributed by atoms with Crippen molar-refractivity contribution in [2.24, 2.45) is 0 Å². The Morgan fingerprint density at radius 1 is 1.28 bits per heavy atom. The summed E-state index contributed by atoms with van der Waals surface area (Å²) in [6.45, 7) is 4.05. The number of benzene rings is 1. The van der Waals surface area contributed by atoms with Gasteiger partial charge >= 0.3 is 6.09 Å². The molecule has 25 heavy (non-hydrogen) atoms. The van der Waals surface area contributed by atoms with Gasteiger partial charge in [-0.1, -0.05) is 13.3 Å². The van der Waals surface area contributed by atoms with E-state index in [1.54, 1.807) is 12.1 Å². The van der Waals surface area contributed by atoms with Crippen molar-refractivity contribution in [3.8, 4) is 11.6 Å². The van der Waals surface area contributed by atoms with Crippen LogP contribution in [0, 0.1) is 10.1 Å². The average Bonchev–Trinajstić information content (AvgIpc) is 2.57. The summed E-state index contributed by atoms with van der Waals surface area (Å²) < 4.78 is 10.7. The monoisotopic (exact) mass is 345 g/mol. The third-order valence-electron chi connectivity index (χ3n) is 3.26. The van der Waals surface area contributed by atoms with Crippen molar-refractivity contribution in [1.29, 1.82) is 0 Å². The highest BCUT2D eigenvalue weighted by atomic mass is 16.6. The van der Waals surface area contributed by atoms with Gasteiger partial charge in [0, 0.05) is 18.2 Å². The lowest BCUT2D eigenvalue weighted by Crippen LogP contribution is -2.17. The molecule has 0 spiro atoms. The highest BCUT2D eigenvalue weighted by Crippen LogP contribution is 2.18. The van der Waals surface area contributed by atoms with E-state index in [-0.39, 0.29) is 17.5 Å². The fourth-order valence-corrected chi connectivity index (χ4v) is 2.08. The number of carbonyl (C=O) groups is 1. The number of nitro groups is 1. The Hall–Kier alpha value is -3.16. The summed E-state index contributed by atoms with van der Waals surface area (Å²) in [7, 11) is 0. The number of ether oxygens (including phenoxy) is 2. The molecule has 1 amide bonds. The maximum absolute atomic E-state index is 11.8. The van der Waals surface area contributed by atoms with Gasteiger partial charge in [-0.2, -0.15) is 0 Å². The molecule has 0 bridgehead atoms. The number of rotatable bonds is 7. The van der Waals surface area contributed by atoms with E-state index in [4.69, 9.17) is 9.47 Å². The van der Waals surface area contributed by atoms with Gasteiger partial charge in [-0.3, -0.25) is 15.4 Å². The number of carbonyl (C=O) groups excluding carboxylic acids is 1. The molecule has 0 saturated heterocycles. The zero-order valence-corrected chi connectivity index (χ0v) is 14.0. The van der Waals surface area contributed by atoms with Crippen LogP contribution < -0.4 is 14.8 Å². The first kappa shape index (κ1) is 18.2. The number of amides is 1. The quantitative estimate of drug-likeness (QED) is 0.596. The molecule has 2 aromatic rings. The molecule has 1 atom stereocenters. The number of pyridine rings is 1. The number of aromatic nitrogens is 1. The van der Waals surface area contributed by atoms with Crippen LogP contribution in [-0.4, -0.2) is 22.1 Å². The summed E-state index contributed by atoms with van der Waals surface area (Å²) in [4.78, 5) is 26.0. The van der Waals surface area contributed by atoms with Crippen LogP contribution in [0.3, 0.4) is 0 Å². The van der Waals surface area contributed by atoms with E-state index in [9.17, 15) is 14.9 Å². The van der Waals surface area contributed by atoms with E-state index in [0.29, 0.717) is 11.6 Å². The number of hydrogen-bond donors (Lipinski definition) is 1. The van der Waals surface area contributed by atoms with Crippen molar-refractivity contribution < 1.29 is 19.2 Å². The van der Waals surface area contributed by atoms with Crippen molar-refractivity contribution in [2.45, 2.75) is 32.8 Å². The van der Waals surface area contributed by atoms with Gasteiger partial charge in [0.15, 0.2) is 0 Å². The van der Waals surface area contributed by atoms with Gasteiger partial charge in [-0.15, -0.1) is 0 Å². The number of nitro benzene ring substituents is 1. The zero-order valence-electron chi connectivity index (χ0n) is 14.0. The molecular weight excluding hydrogens is 326 g/mol. The average molecular weight is 345 g/mol. The molecule has 8 nitrogen and oxygen atoms in total. The first-order valence-electron chi connectivity index (χ1n) is 7.84. The maximum atomic E-state index is 11.8. The fourth-order valence-electron chi connectivity index (χ4n) is 2.08. The molecule has 0 fully saturated rings. The molecule has 1 N–H and O–H groups in total. The van der Waals surface area contributed by atoms with Crippen LogP contribution in [-0.2, 0) is 0 Å². The van der Waals surface area contributed by atoms with Crippen LogP contribution in [0.4, 0.5) is 16.2 Å². The molecule has 0 aliphatic rings. The van der Waals surface area contributed by atoms with Crippen LogP contribution in [0.15, 0.2) is 42.6 Å². The van der Waals surface area contributed by atoms with E-state index in [1.807, 2.05) is 6.92 Å². The van der Waals surface area contributed by atoms with Crippen molar-refractivity contribution in [3.63, 3.8) is 0 Å². The summed E-state index contributed by atoms with van der Waals surface area (Å²) in [5.74, 6) is 0.680. The molecule has 0 aliphatic carbocycles. The number of hydrogen-bond acceptors (Lipinski definition) is 6. The lowest BCUT2D eigenvalue weighted by Gasteiger charge is -2.13. The molecule has 8 heteroatoms. The molecular formula is C17H19N3O5. The molecule has 1 unspecified atom stereocenters. The topological polar surface area (TPSA) is 104 Å². The number of non-ortho nitro benzene ring substituents is 1. The van der Waals surface area contributed by atoms with Gasteiger partial charge in [0.2, 0.25) is 5.88 Å². The number of nitrogens with one attached hydrogen (secondary N) is 1. The molecule has 1 aromatic heterocycles. The second kappa shape index (κ2) is 8.62. The Bertz CT molecular complexity index is 716. The van der Waals surface area contributed by atoms with Gasteiger partial charge in [-0.25, -0.2) is 9.78 Å². The fraction of sp³-hybridized carbons (Fsp3) is 0.294.